The standard InChI is InChI=1S/C16H18N4O3/c1-10(21)12-8-14(17-9-12)16(23)19-18-15(22)11-5-4-6-13(7-11)20(2)3/h4-9,17H,1-3H3,(H,18,22)(H,19,23). The molecule has 1 aromatic heterocycles. The summed E-state index contributed by atoms with van der Waals surface area (Å²) in [6.07, 6.45) is 1.44. The Morgan fingerprint density at radius 1 is 1.00 bits per heavy atom. The lowest BCUT2D eigenvalue weighted by molar-refractivity contribution is 0.0844. The maximum Gasteiger partial charge on any atom is 0.286 e. The van der Waals surface area contributed by atoms with E-state index in [-0.39, 0.29) is 11.5 Å². The zero-order valence-corrected chi connectivity index (χ0v) is 13.1. The highest BCUT2D eigenvalue weighted by molar-refractivity contribution is 6.01. The number of aromatic amines is 1. The van der Waals surface area contributed by atoms with Crippen LogP contribution in [0.1, 0.15) is 38.1 Å². The summed E-state index contributed by atoms with van der Waals surface area (Å²) in [5.74, 6) is -1.11. The summed E-state index contributed by atoms with van der Waals surface area (Å²) in [5.41, 5.74) is 6.54. The number of nitrogens with one attached hydrogen (secondary N) is 3. The van der Waals surface area contributed by atoms with Crippen molar-refractivity contribution in [1.29, 1.82) is 0 Å². The number of Topliss-reactive ketones (excluding diaryl/α,β-unsaturated/α-hetero) is 1. The van der Waals surface area contributed by atoms with Crippen molar-refractivity contribution in [3.05, 3.63) is 53.3 Å². The normalized spacial score (nSPS) is 10.0. The van der Waals surface area contributed by atoms with Gasteiger partial charge in [0, 0.05) is 37.1 Å². The molecule has 1 aromatic carbocycles. The maximum absolute atomic E-state index is 12.1. The highest BCUT2D eigenvalue weighted by Crippen LogP contribution is 2.13. The third-order valence-electron chi connectivity index (χ3n) is 3.25. The Balaban J connectivity index is 1.99. The number of rotatable bonds is 4. The summed E-state index contributed by atoms with van der Waals surface area (Å²) in [6.45, 7) is 1.41. The van der Waals surface area contributed by atoms with Gasteiger partial charge in [0.15, 0.2) is 5.78 Å². The minimum absolute atomic E-state index is 0.148. The molecule has 0 atom stereocenters. The number of carbonyl (C=O) groups is 3. The van der Waals surface area contributed by atoms with Crippen molar-refractivity contribution in [3.63, 3.8) is 0 Å². The topological polar surface area (TPSA) is 94.3 Å². The Bertz CT molecular complexity index is 749. The van der Waals surface area contributed by atoms with E-state index in [1.165, 1.54) is 19.2 Å². The van der Waals surface area contributed by atoms with Gasteiger partial charge in [-0.3, -0.25) is 25.2 Å². The molecule has 7 heteroatoms. The monoisotopic (exact) mass is 314 g/mol. The van der Waals surface area contributed by atoms with Crippen molar-refractivity contribution in [2.75, 3.05) is 19.0 Å². The summed E-state index contributed by atoms with van der Waals surface area (Å²) in [5, 5.41) is 0. The molecule has 0 radical (unpaired) electrons. The van der Waals surface area contributed by atoms with Gasteiger partial charge in [-0.05, 0) is 31.2 Å². The van der Waals surface area contributed by atoms with Gasteiger partial charge in [-0.15, -0.1) is 0 Å². The molecule has 2 amide bonds. The van der Waals surface area contributed by atoms with Gasteiger partial charge < -0.3 is 9.88 Å². The van der Waals surface area contributed by atoms with Crippen molar-refractivity contribution >= 4 is 23.3 Å². The van der Waals surface area contributed by atoms with E-state index in [1.54, 1.807) is 18.2 Å². The van der Waals surface area contributed by atoms with E-state index in [1.807, 2.05) is 25.1 Å². The summed E-state index contributed by atoms with van der Waals surface area (Å²) < 4.78 is 0. The molecule has 23 heavy (non-hydrogen) atoms. The van der Waals surface area contributed by atoms with Crippen molar-refractivity contribution in [2.24, 2.45) is 0 Å². The molecule has 2 rings (SSSR count). The molecule has 0 saturated carbocycles. The van der Waals surface area contributed by atoms with Gasteiger partial charge in [0.25, 0.3) is 11.8 Å². The number of ketones is 1. The van der Waals surface area contributed by atoms with Crippen LogP contribution in [-0.4, -0.2) is 36.7 Å². The zero-order chi connectivity index (χ0) is 17.0. The average Bonchev–Trinajstić information content (AvgIpc) is 3.02. The van der Waals surface area contributed by atoms with Gasteiger partial charge >= 0.3 is 0 Å². The van der Waals surface area contributed by atoms with Gasteiger partial charge in [0.2, 0.25) is 0 Å². The summed E-state index contributed by atoms with van der Waals surface area (Å²) in [4.78, 5) is 39.7. The number of hydrogen-bond donors (Lipinski definition) is 3. The first-order valence-corrected chi connectivity index (χ1v) is 6.96. The molecule has 7 nitrogen and oxygen atoms in total. The zero-order valence-electron chi connectivity index (χ0n) is 13.1. The van der Waals surface area contributed by atoms with Gasteiger partial charge in [-0.2, -0.15) is 0 Å². The fourth-order valence-corrected chi connectivity index (χ4v) is 1.91. The number of nitrogens with zero attached hydrogens (tertiary/aromatic N) is 1. The second kappa shape index (κ2) is 6.78. The lowest BCUT2D eigenvalue weighted by Crippen LogP contribution is -2.41. The molecule has 0 unspecified atom stereocenters. The Labute approximate surface area is 133 Å². The number of aromatic nitrogens is 1. The maximum atomic E-state index is 12.1. The molecule has 0 saturated heterocycles. The Morgan fingerprint density at radius 3 is 2.30 bits per heavy atom. The van der Waals surface area contributed by atoms with Crippen molar-refractivity contribution < 1.29 is 14.4 Å². The number of carbonyl (C=O) groups excluding carboxylic acids is 3. The van der Waals surface area contributed by atoms with E-state index < -0.39 is 11.8 Å². The van der Waals surface area contributed by atoms with Crippen LogP contribution in [0.25, 0.3) is 0 Å². The molecule has 0 bridgehead atoms. The number of H-pyrrole nitrogens is 1. The summed E-state index contributed by atoms with van der Waals surface area (Å²) in [6, 6.07) is 8.42. The first kappa shape index (κ1) is 16.3. The van der Waals surface area contributed by atoms with Gasteiger partial charge in [0.1, 0.15) is 5.69 Å². The van der Waals surface area contributed by atoms with Crippen LogP contribution in [0.5, 0.6) is 0 Å². The fraction of sp³-hybridized carbons (Fsp3) is 0.188. The predicted molar refractivity (Wildman–Crippen MR) is 86.5 cm³/mol. The smallest absolute Gasteiger partial charge is 0.286 e. The van der Waals surface area contributed by atoms with E-state index in [4.69, 9.17) is 0 Å². The molecule has 3 N–H and O–H groups in total. The molecule has 1 heterocycles. The highest BCUT2D eigenvalue weighted by atomic mass is 16.2. The van der Waals surface area contributed by atoms with Crippen LogP contribution in [0.15, 0.2) is 36.5 Å². The fourth-order valence-electron chi connectivity index (χ4n) is 1.91. The quantitative estimate of drug-likeness (QED) is 0.586. The van der Waals surface area contributed by atoms with Crippen molar-refractivity contribution in [3.8, 4) is 0 Å². The molecule has 0 aliphatic carbocycles. The van der Waals surface area contributed by atoms with Crippen LogP contribution in [0.4, 0.5) is 5.69 Å². The summed E-state index contributed by atoms with van der Waals surface area (Å²) >= 11 is 0. The van der Waals surface area contributed by atoms with Gasteiger partial charge in [0.05, 0.1) is 0 Å². The first-order valence-electron chi connectivity index (χ1n) is 6.96. The molecule has 0 aliphatic heterocycles. The molecule has 0 aliphatic rings. The third kappa shape index (κ3) is 3.97. The van der Waals surface area contributed by atoms with Crippen LogP contribution in [0.2, 0.25) is 0 Å². The van der Waals surface area contributed by atoms with Gasteiger partial charge in [-0.1, -0.05) is 6.07 Å². The Hall–Kier alpha value is -3.09. The van der Waals surface area contributed by atoms with E-state index in [9.17, 15) is 14.4 Å². The lowest BCUT2D eigenvalue weighted by atomic mass is 10.2. The van der Waals surface area contributed by atoms with Crippen molar-refractivity contribution in [1.82, 2.24) is 15.8 Å². The van der Waals surface area contributed by atoms with Crippen LogP contribution >= 0.6 is 0 Å². The van der Waals surface area contributed by atoms with Crippen molar-refractivity contribution in [2.45, 2.75) is 6.92 Å². The minimum atomic E-state index is -0.533. The molecule has 120 valence electrons. The average molecular weight is 314 g/mol. The van der Waals surface area contributed by atoms with Crippen LogP contribution in [0.3, 0.4) is 0 Å². The first-order chi connectivity index (χ1) is 10.9. The third-order valence-corrected chi connectivity index (χ3v) is 3.25. The second-order valence-corrected chi connectivity index (χ2v) is 5.21. The molecule has 0 fully saturated rings. The molecule has 2 aromatic rings. The Morgan fingerprint density at radius 2 is 1.70 bits per heavy atom. The number of benzene rings is 1. The van der Waals surface area contributed by atoms with E-state index in [2.05, 4.69) is 15.8 Å². The molecular formula is C16H18N4O3. The van der Waals surface area contributed by atoms with Gasteiger partial charge in [-0.25, -0.2) is 0 Å². The lowest BCUT2D eigenvalue weighted by Gasteiger charge is -2.13. The van der Waals surface area contributed by atoms with E-state index in [0.29, 0.717) is 11.1 Å². The number of amides is 2. The largest absolute Gasteiger partial charge is 0.378 e. The molecular weight excluding hydrogens is 296 g/mol. The summed E-state index contributed by atoms with van der Waals surface area (Å²) in [7, 11) is 3.74. The second-order valence-electron chi connectivity index (χ2n) is 5.21. The van der Waals surface area contributed by atoms with E-state index >= 15 is 0 Å². The minimum Gasteiger partial charge on any atom is -0.378 e. The molecule has 0 spiro atoms. The van der Waals surface area contributed by atoms with Crippen LogP contribution in [0, 0.1) is 0 Å². The predicted octanol–water partition coefficient (Wildman–Crippen LogP) is 1.36. The highest BCUT2D eigenvalue weighted by Gasteiger charge is 2.12. The number of hydrazine groups is 1. The number of anilines is 1. The van der Waals surface area contributed by atoms with Crippen LogP contribution in [-0.2, 0) is 0 Å². The Kier molecular flexibility index (Phi) is 4.80. The van der Waals surface area contributed by atoms with E-state index in [0.717, 1.165) is 5.69 Å². The van der Waals surface area contributed by atoms with Crippen LogP contribution < -0.4 is 15.8 Å². The SMILES string of the molecule is CC(=O)c1c[nH]c(C(=O)NNC(=O)c2cccc(N(C)C)c2)c1. The number of hydrogen-bond acceptors (Lipinski definition) is 4.